The van der Waals surface area contributed by atoms with Crippen LogP contribution in [0.15, 0.2) is 73.3 Å². The summed E-state index contributed by atoms with van der Waals surface area (Å²) < 4.78 is 25.3. The first kappa shape index (κ1) is 24.7. The van der Waals surface area contributed by atoms with Gasteiger partial charge in [-0.05, 0) is 37.3 Å². The molecule has 0 radical (unpaired) electrons. The topological polar surface area (TPSA) is 85.3 Å². The van der Waals surface area contributed by atoms with E-state index in [9.17, 15) is 4.39 Å². The average Bonchev–Trinajstić information content (AvgIpc) is 2.99. The van der Waals surface area contributed by atoms with Gasteiger partial charge in [-0.15, -0.1) is 0 Å². The minimum atomic E-state index is -0.349. The molecule has 5 aromatic rings. The van der Waals surface area contributed by atoms with Gasteiger partial charge in [0.1, 0.15) is 17.4 Å². The van der Waals surface area contributed by atoms with E-state index < -0.39 is 0 Å². The first-order valence-electron chi connectivity index (χ1n) is 12.7. The quantitative estimate of drug-likeness (QED) is 0.300. The van der Waals surface area contributed by atoms with Gasteiger partial charge in [-0.2, -0.15) is 0 Å². The third-order valence-corrected chi connectivity index (χ3v) is 6.84. The van der Waals surface area contributed by atoms with Gasteiger partial charge in [-0.25, -0.2) is 14.4 Å². The molecule has 39 heavy (non-hydrogen) atoms. The number of halogens is 1. The Morgan fingerprint density at radius 3 is 2.67 bits per heavy atom. The van der Waals surface area contributed by atoms with Crippen molar-refractivity contribution in [3.63, 3.8) is 0 Å². The van der Waals surface area contributed by atoms with Crippen LogP contribution in [-0.4, -0.2) is 53.3 Å². The number of nitrogens with one attached hydrogen (secondary N) is 1. The van der Waals surface area contributed by atoms with Crippen LogP contribution in [0.4, 0.5) is 21.6 Å². The van der Waals surface area contributed by atoms with Crippen molar-refractivity contribution in [3.8, 4) is 28.3 Å². The van der Waals surface area contributed by atoms with Gasteiger partial charge in [0, 0.05) is 65.9 Å². The molecule has 4 aromatic heterocycles. The smallest absolute Gasteiger partial charge is 0.137 e. The SMILES string of the molecule is COc1cncc(-c2cnc(N3CCOCC3)cc2Nc2c(C)c(-c3ccccn3)nc3cc(F)ccc23)c1. The molecule has 6 rings (SSSR count). The van der Waals surface area contributed by atoms with Crippen LogP contribution >= 0.6 is 0 Å². The van der Waals surface area contributed by atoms with Gasteiger partial charge in [0.2, 0.25) is 0 Å². The van der Waals surface area contributed by atoms with Gasteiger partial charge < -0.3 is 19.7 Å². The van der Waals surface area contributed by atoms with E-state index in [0.29, 0.717) is 35.9 Å². The summed E-state index contributed by atoms with van der Waals surface area (Å²) in [4.78, 5) is 20.7. The zero-order chi connectivity index (χ0) is 26.8. The fourth-order valence-electron chi connectivity index (χ4n) is 4.80. The number of nitrogens with zero attached hydrogens (tertiary/aromatic N) is 5. The van der Waals surface area contributed by atoms with Crippen molar-refractivity contribution in [3.05, 3.63) is 84.7 Å². The Morgan fingerprint density at radius 2 is 1.87 bits per heavy atom. The van der Waals surface area contributed by atoms with Gasteiger partial charge >= 0.3 is 0 Å². The highest BCUT2D eigenvalue weighted by atomic mass is 19.1. The standard InChI is InChI=1S/C30H27FN6O2/c1-19-29(23-7-6-21(31)14-26(23)36-30(19)25-5-3-4-8-33-25)35-27-15-28(37-9-11-39-12-10-37)34-18-24(27)20-13-22(38-2)17-32-16-20/h3-8,13-18H,9-12H2,1-2H3,(H,34,35,36). The summed E-state index contributed by atoms with van der Waals surface area (Å²) in [5, 5.41) is 4.47. The molecule has 0 bridgehead atoms. The number of hydrogen-bond donors (Lipinski definition) is 1. The highest BCUT2D eigenvalue weighted by Crippen LogP contribution is 2.39. The molecule has 5 heterocycles. The normalized spacial score (nSPS) is 13.5. The number of hydrogen-bond acceptors (Lipinski definition) is 8. The monoisotopic (exact) mass is 522 g/mol. The number of methoxy groups -OCH3 is 1. The molecular weight excluding hydrogens is 495 g/mol. The van der Waals surface area contributed by atoms with E-state index in [1.165, 1.54) is 12.1 Å². The molecule has 0 atom stereocenters. The molecule has 0 spiro atoms. The van der Waals surface area contributed by atoms with E-state index in [1.54, 1.807) is 31.8 Å². The largest absolute Gasteiger partial charge is 0.495 e. The zero-order valence-corrected chi connectivity index (χ0v) is 21.7. The second-order valence-corrected chi connectivity index (χ2v) is 9.26. The number of morpholine rings is 1. The number of fused-ring (bicyclic) bond motifs is 1. The van der Waals surface area contributed by atoms with E-state index in [2.05, 4.69) is 20.2 Å². The van der Waals surface area contributed by atoms with Crippen molar-refractivity contribution < 1.29 is 13.9 Å². The number of pyridine rings is 4. The van der Waals surface area contributed by atoms with Crippen molar-refractivity contribution in [1.29, 1.82) is 0 Å². The summed E-state index contributed by atoms with van der Waals surface area (Å²) in [6.45, 7) is 4.82. The summed E-state index contributed by atoms with van der Waals surface area (Å²) >= 11 is 0. The van der Waals surface area contributed by atoms with Crippen LogP contribution in [0, 0.1) is 12.7 Å². The van der Waals surface area contributed by atoms with Crippen molar-refractivity contribution in [2.45, 2.75) is 6.92 Å². The van der Waals surface area contributed by atoms with Crippen molar-refractivity contribution >= 4 is 28.1 Å². The number of benzene rings is 1. The second-order valence-electron chi connectivity index (χ2n) is 9.26. The third-order valence-electron chi connectivity index (χ3n) is 6.84. The minimum absolute atomic E-state index is 0.349. The lowest BCUT2D eigenvalue weighted by atomic mass is 10.0. The van der Waals surface area contributed by atoms with Gasteiger partial charge in [0.25, 0.3) is 0 Å². The summed E-state index contributed by atoms with van der Waals surface area (Å²) in [6.07, 6.45) is 7.03. The average molecular weight is 523 g/mol. The molecule has 1 N–H and O–H groups in total. The molecule has 1 fully saturated rings. The van der Waals surface area contributed by atoms with Crippen LogP contribution in [-0.2, 0) is 4.74 Å². The minimum Gasteiger partial charge on any atom is -0.495 e. The second kappa shape index (κ2) is 10.6. The van der Waals surface area contributed by atoms with E-state index in [1.807, 2.05) is 43.5 Å². The van der Waals surface area contributed by atoms with Crippen LogP contribution in [0.3, 0.4) is 0 Å². The van der Waals surface area contributed by atoms with E-state index in [0.717, 1.165) is 52.4 Å². The maximum Gasteiger partial charge on any atom is 0.137 e. The number of ether oxygens (including phenoxy) is 2. The molecule has 0 aliphatic carbocycles. The van der Waals surface area contributed by atoms with Crippen LogP contribution in [0.2, 0.25) is 0 Å². The van der Waals surface area contributed by atoms with Gasteiger partial charge in [0.15, 0.2) is 0 Å². The van der Waals surface area contributed by atoms with Gasteiger partial charge in [-0.3, -0.25) is 9.97 Å². The number of aromatic nitrogens is 4. The zero-order valence-electron chi connectivity index (χ0n) is 21.7. The Kier molecular flexibility index (Phi) is 6.73. The first-order chi connectivity index (χ1) is 19.1. The lowest BCUT2D eigenvalue weighted by Gasteiger charge is -2.28. The first-order valence-corrected chi connectivity index (χ1v) is 12.7. The highest BCUT2D eigenvalue weighted by molar-refractivity contribution is 5.99. The Hall–Kier alpha value is -4.63. The molecule has 0 unspecified atom stereocenters. The van der Waals surface area contributed by atoms with Crippen molar-refractivity contribution in [2.24, 2.45) is 0 Å². The van der Waals surface area contributed by atoms with Crippen LogP contribution < -0.4 is 15.0 Å². The maximum atomic E-state index is 14.3. The third kappa shape index (κ3) is 4.96. The fourth-order valence-corrected chi connectivity index (χ4v) is 4.80. The Balaban J connectivity index is 1.54. The van der Waals surface area contributed by atoms with Crippen molar-refractivity contribution in [2.75, 3.05) is 43.6 Å². The molecule has 1 aliphatic heterocycles. The Bertz CT molecular complexity index is 1640. The molecule has 0 saturated carbocycles. The molecular formula is C30H27FN6O2. The van der Waals surface area contributed by atoms with Crippen molar-refractivity contribution in [1.82, 2.24) is 19.9 Å². The summed E-state index contributed by atoms with van der Waals surface area (Å²) in [6, 6.07) is 14.3. The predicted octanol–water partition coefficient (Wildman–Crippen LogP) is 5.79. The molecule has 1 aromatic carbocycles. The maximum absolute atomic E-state index is 14.3. The molecule has 0 amide bonds. The predicted molar refractivity (Wildman–Crippen MR) is 150 cm³/mol. The fraction of sp³-hybridized carbons (Fsp3) is 0.200. The summed E-state index contributed by atoms with van der Waals surface area (Å²) in [5.41, 5.74) is 6.18. The Labute approximate surface area is 225 Å². The Morgan fingerprint density at radius 1 is 1.00 bits per heavy atom. The number of rotatable bonds is 6. The van der Waals surface area contributed by atoms with Crippen LogP contribution in [0.25, 0.3) is 33.4 Å². The molecule has 1 aliphatic rings. The highest BCUT2D eigenvalue weighted by Gasteiger charge is 2.19. The van der Waals surface area contributed by atoms with Crippen LogP contribution in [0.5, 0.6) is 5.75 Å². The van der Waals surface area contributed by atoms with E-state index >= 15 is 0 Å². The molecule has 1 saturated heterocycles. The lowest BCUT2D eigenvalue weighted by molar-refractivity contribution is 0.122. The van der Waals surface area contributed by atoms with Gasteiger partial charge in [0.05, 0.1) is 54.8 Å². The van der Waals surface area contributed by atoms with Crippen LogP contribution in [0.1, 0.15) is 5.56 Å². The van der Waals surface area contributed by atoms with E-state index in [-0.39, 0.29) is 5.82 Å². The molecule has 8 nitrogen and oxygen atoms in total. The molecule has 196 valence electrons. The summed E-state index contributed by atoms with van der Waals surface area (Å²) in [7, 11) is 1.62. The van der Waals surface area contributed by atoms with E-state index in [4.69, 9.17) is 19.4 Å². The lowest BCUT2D eigenvalue weighted by Crippen LogP contribution is -2.36. The van der Waals surface area contributed by atoms with Gasteiger partial charge in [-0.1, -0.05) is 6.07 Å². The molecule has 9 heteroatoms. The number of anilines is 3. The summed E-state index contributed by atoms with van der Waals surface area (Å²) in [5.74, 6) is 1.14.